The first-order valence-corrected chi connectivity index (χ1v) is 5.72. The van der Waals surface area contributed by atoms with Crippen molar-refractivity contribution >= 4 is 7.32 Å². The van der Waals surface area contributed by atoms with Gasteiger partial charge in [0.2, 0.25) is 0 Å². The highest BCUT2D eigenvalue weighted by Crippen LogP contribution is 2.36. The predicted octanol–water partition coefficient (Wildman–Crippen LogP) is 2.64. The zero-order chi connectivity index (χ0) is 11.7. The van der Waals surface area contributed by atoms with Crippen LogP contribution in [-0.4, -0.2) is 25.1 Å². The summed E-state index contributed by atoms with van der Waals surface area (Å²) < 4.78 is 16.9. The molecule has 1 fully saturated rings. The Labute approximate surface area is 93.7 Å². The second kappa shape index (κ2) is 4.44. The molecule has 1 rings (SSSR count). The Balaban J connectivity index is 2.36. The molecule has 3 nitrogen and oxygen atoms in total. The van der Waals surface area contributed by atoms with Crippen LogP contribution < -0.4 is 0 Å². The van der Waals surface area contributed by atoms with Gasteiger partial charge >= 0.3 is 7.32 Å². The Morgan fingerprint density at radius 3 is 1.93 bits per heavy atom. The first-order chi connectivity index (χ1) is 6.74. The van der Waals surface area contributed by atoms with E-state index in [2.05, 4.69) is 13.8 Å². The summed E-state index contributed by atoms with van der Waals surface area (Å²) in [4.78, 5) is 0. The van der Waals surface area contributed by atoms with Gasteiger partial charge in [0.15, 0.2) is 0 Å². The van der Waals surface area contributed by atoms with E-state index in [1.54, 1.807) is 0 Å². The molecule has 0 aromatic heterocycles. The lowest BCUT2D eigenvalue weighted by Crippen LogP contribution is -2.41. The second-order valence-corrected chi connectivity index (χ2v) is 5.60. The van der Waals surface area contributed by atoms with E-state index in [0.717, 1.165) is 6.42 Å². The van der Waals surface area contributed by atoms with E-state index in [4.69, 9.17) is 14.0 Å². The fourth-order valence-corrected chi connectivity index (χ4v) is 1.26. The Morgan fingerprint density at radius 1 is 1.07 bits per heavy atom. The van der Waals surface area contributed by atoms with Gasteiger partial charge in [-0.25, -0.2) is 0 Å². The smallest absolute Gasteiger partial charge is 0.386 e. The fourth-order valence-electron chi connectivity index (χ4n) is 1.26. The highest BCUT2D eigenvalue weighted by Gasteiger charge is 2.52. The minimum atomic E-state index is -0.506. The summed E-state index contributed by atoms with van der Waals surface area (Å²) in [5.74, 6) is 0.646. The number of hydrogen-bond donors (Lipinski definition) is 0. The molecule has 4 heteroatoms. The molecule has 0 saturated carbocycles. The lowest BCUT2D eigenvalue weighted by atomic mass is 9.90. The van der Waals surface area contributed by atoms with Gasteiger partial charge in [-0.1, -0.05) is 13.8 Å². The molecule has 0 spiro atoms. The van der Waals surface area contributed by atoms with E-state index in [9.17, 15) is 0 Å². The van der Waals surface area contributed by atoms with Gasteiger partial charge in [0.25, 0.3) is 0 Å². The van der Waals surface area contributed by atoms with Crippen LogP contribution >= 0.6 is 0 Å². The number of rotatable bonds is 4. The summed E-state index contributed by atoms with van der Waals surface area (Å²) in [5, 5.41) is 0. The molecule has 1 aliphatic heterocycles. The van der Waals surface area contributed by atoms with Crippen molar-refractivity contribution in [3.8, 4) is 0 Å². The minimum absolute atomic E-state index is 0.296. The van der Waals surface area contributed by atoms with Gasteiger partial charge in [0.1, 0.15) is 0 Å². The van der Waals surface area contributed by atoms with Crippen LogP contribution in [0.15, 0.2) is 0 Å². The molecule has 88 valence electrons. The lowest BCUT2D eigenvalue weighted by Gasteiger charge is -2.31. The molecule has 0 aromatic carbocycles. The first-order valence-electron chi connectivity index (χ1n) is 5.72. The van der Waals surface area contributed by atoms with Gasteiger partial charge < -0.3 is 14.0 Å². The van der Waals surface area contributed by atoms with Crippen LogP contribution in [0.3, 0.4) is 0 Å². The summed E-state index contributed by atoms with van der Waals surface area (Å²) >= 11 is 0. The largest absolute Gasteiger partial charge is 0.640 e. The van der Waals surface area contributed by atoms with Crippen molar-refractivity contribution in [1.29, 1.82) is 0 Å². The third kappa shape index (κ3) is 3.20. The van der Waals surface area contributed by atoms with Crippen molar-refractivity contribution in [1.82, 2.24) is 0 Å². The van der Waals surface area contributed by atoms with E-state index < -0.39 is 7.32 Å². The van der Waals surface area contributed by atoms with Crippen LogP contribution in [0.25, 0.3) is 0 Å². The maximum Gasteiger partial charge on any atom is 0.640 e. The Hall–Kier alpha value is -0.0551. The normalized spacial score (nSPS) is 23.8. The summed E-state index contributed by atoms with van der Waals surface area (Å²) in [7, 11) is -0.506. The molecule has 1 heterocycles. The summed E-state index contributed by atoms with van der Waals surface area (Å²) in [6, 6.07) is 0. The molecule has 0 radical (unpaired) electrons. The number of hydrogen-bond acceptors (Lipinski definition) is 3. The predicted molar refractivity (Wildman–Crippen MR) is 61.5 cm³/mol. The average Bonchev–Trinajstić information content (AvgIpc) is 2.19. The van der Waals surface area contributed by atoms with E-state index in [0.29, 0.717) is 12.5 Å². The van der Waals surface area contributed by atoms with Crippen LogP contribution in [0, 0.1) is 5.92 Å². The van der Waals surface area contributed by atoms with Crippen molar-refractivity contribution in [2.75, 3.05) is 6.61 Å². The van der Waals surface area contributed by atoms with Crippen molar-refractivity contribution in [3.05, 3.63) is 0 Å². The van der Waals surface area contributed by atoms with Crippen molar-refractivity contribution in [3.63, 3.8) is 0 Å². The minimum Gasteiger partial charge on any atom is -0.386 e. The van der Waals surface area contributed by atoms with Crippen LogP contribution in [-0.2, 0) is 14.0 Å². The van der Waals surface area contributed by atoms with E-state index in [-0.39, 0.29) is 11.2 Å². The zero-order valence-electron chi connectivity index (χ0n) is 10.8. The third-order valence-electron chi connectivity index (χ3n) is 3.18. The fraction of sp³-hybridized carbons (Fsp3) is 1.00. The molecule has 0 unspecified atom stereocenters. The first kappa shape index (κ1) is 13.0. The maximum absolute atomic E-state index is 5.70. The van der Waals surface area contributed by atoms with Crippen molar-refractivity contribution < 1.29 is 14.0 Å². The van der Waals surface area contributed by atoms with Gasteiger partial charge in [-0.3, -0.25) is 0 Å². The maximum atomic E-state index is 5.70. The van der Waals surface area contributed by atoms with Crippen LogP contribution in [0.2, 0.25) is 0 Å². The topological polar surface area (TPSA) is 27.7 Å². The van der Waals surface area contributed by atoms with E-state index in [1.165, 1.54) is 0 Å². The molecular weight excluding hydrogens is 191 g/mol. The van der Waals surface area contributed by atoms with E-state index >= 15 is 0 Å². The molecule has 0 atom stereocenters. The van der Waals surface area contributed by atoms with Gasteiger partial charge in [-0.05, 0) is 40.0 Å². The van der Waals surface area contributed by atoms with Gasteiger partial charge in [0, 0.05) is 6.61 Å². The standard InChI is InChI=1S/C11H23BO3/c1-9(2)7-8-13-12-14-10(3,4)11(5,6)15-12/h9H,7-8H2,1-6H3. The van der Waals surface area contributed by atoms with Crippen LogP contribution in [0.1, 0.15) is 48.0 Å². The van der Waals surface area contributed by atoms with Gasteiger partial charge in [-0.2, -0.15) is 0 Å². The zero-order valence-corrected chi connectivity index (χ0v) is 10.8. The Kier molecular flexibility index (Phi) is 3.85. The van der Waals surface area contributed by atoms with Crippen LogP contribution in [0.5, 0.6) is 0 Å². The lowest BCUT2D eigenvalue weighted by molar-refractivity contribution is 0.00578. The molecular formula is C11H23BO3. The SMILES string of the molecule is CC(C)CCOB1OC(C)(C)C(C)(C)O1. The molecule has 0 bridgehead atoms. The summed E-state index contributed by atoms with van der Waals surface area (Å²) in [6.07, 6.45) is 1.03. The molecule has 0 aromatic rings. The summed E-state index contributed by atoms with van der Waals surface area (Å²) in [6.45, 7) is 13.1. The molecule has 0 amide bonds. The quantitative estimate of drug-likeness (QED) is 0.673. The molecule has 0 aliphatic carbocycles. The van der Waals surface area contributed by atoms with Crippen LogP contribution in [0.4, 0.5) is 0 Å². The average molecular weight is 214 g/mol. The van der Waals surface area contributed by atoms with Gasteiger partial charge in [0.05, 0.1) is 11.2 Å². The van der Waals surface area contributed by atoms with Crippen molar-refractivity contribution in [2.45, 2.75) is 59.2 Å². The Morgan fingerprint density at radius 2 is 1.53 bits per heavy atom. The second-order valence-electron chi connectivity index (χ2n) is 5.60. The van der Waals surface area contributed by atoms with Gasteiger partial charge in [-0.15, -0.1) is 0 Å². The molecule has 15 heavy (non-hydrogen) atoms. The Bertz CT molecular complexity index is 198. The van der Waals surface area contributed by atoms with Crippen molar-refractivity contribution in [2.24, 2.45) is 5.92 Å². The molecule has 0 N–H and O–H groups in total. The monoisotopic (exact) mass is 214 g/mol. The van der Waals surface area contributed by atoms with E-state index in [1.807, 2.05) is 27.7 Å². The molecule has 1 saturated heterocycles. The molecule has 1 aliphatic rings. The highest BCUT2D eigenvalue weighted by molar-refractivity contribution is 6.37. The summed E-state index contributed by atoms with van der Waals surface area (Å²) in [5.41, 5.74) is -0.592. The third-order valence-corrected chi connectivity index (χ3v) is 3.18. The highest BCUT2D eigenvalue weighted by atomic mass is 16.8.